The van der Waals surface area contributed by atoms with Crippen LogP contribution in [0.25, 0.3) is 0 Å². The summed E-state index contributed by atoms with van der Waals surface area (Å²) >= 11 is 0. The maximum atomic E-state index is 13.3. The van der Waals surface area contributed by atoms with Crippen molar-refractivity contribution in [2.24, 2.45) is 0 Å². The predicted molar refractivity (Wildman–Crippen MR) is 119 cm³/mol. The van der Waals surface area contributed by atoms with Crippen LogP contribution in [0.3, 0.4) is 0 Å². The summed E-state index contributed by atoms with van der Waals surface area (Å²) in [5.74, 6) is 0. The smallest absolute Gasteiger partial charge is 0.207 e. The number of hydrogen-bond donors (Lipinski definition) is 0. The van der Waals surface area contributed by atoms with Crippen LogP contribution in [-0.2, 0) is 45.7 Å². The lowest BCUT2D eigenvalue weighted by atomic mass is 10.1. The largest absolute Gasteiger partial charge is 0.243 e. The van der Waals surface area contributed by atoms with E-state index in [2.05, 4.69) is 0 Å². The van der Waals surface area contributed by atoms with Crippen LogP contribution in [0, 0.1) is 0 Å². The number of benzene rings is 2. The number of hydrogen-bond acceptors (Lipinski definition) is 4. The highest BCUT2D eigenvalue weighted by Crippen LogP contribution is 2.29. The van der Waals surface area contributed by atoms with E-state index in [9.17, 15) is 16.8 Å². The van der Waals surface area contributed by atoms with Gasteiger partial charge < -0.3 is 0 Å². The SMILES string of the molecule is O=S(=O)(c1ccc2c(c1)CCC2)N1CCCN(S(=O)(=O)c2ccc3c(c2)CCC3)CC1. The zero-order valence-electron chi connectivity index (χ0n) is 17.6. The molecule has 2 aromatic rings. The first-order valence-electron chi connectivity index (χ1n) is 11.1. The van der Waals surface area contributed by atoms with Crippen LogP contribution in [0.15, 0.2) is 46.2 Å². The van der Waals surface area contributed by atoms with E-state index in [0.717, 1.165) is 49.7 Å². The van der Waals surface area contributed by atoms with E-state index in [1.807, 2.05) is 24.3 Å². The molecular formula is C23H28N2O4S2. The molecule has 2 aliphatic carbocycles. The van der Waals surface area contributed by atoms with Gasteiger partial charge in [0.05, 0.1) is 9.79 Å². The minimum absolute atomic E-state index is 0.170. The van der Waals surface area contributed by atoms with Crippen LogP contribution in [0.4, 0.5) is 0 Å². The molecule has 1 fully saturated rings. The molecule has 0 amide bonds. The lowest BCUT2D eigenvalue weighted by molar-refractivity contribution is 0.404. The van der Waals surface area contributed by atoms with Gasteiger partial charge in [0.1, 0.15) is 0 Å². The van der Waals surface area contributed by atoms with Gasteiger partial charge in [0.2, 0.25) is 20.0 Å². The Bertz CT molecular complexity index is 1130. The molecule has 8 heteroatoms. The van der Waals surface area contributed by atoms with Gasteiger partial charge in [-0.3, -0.25) is 0 Å². The van der Waals surface area contributed by atoms with E-state index in [0.29, 0.717) is 29.3 Å². The zero-order chi connectivity index (χ0) is 21.6. The topological polar surface area (TPSA) is 74.8 Å². The molecule has 0 radical (unpaired) electrons. The van der Waals surface area contributed by atoms with Crippen LogP contribution in [0.1, 0.15) is 41.5 Å². The second kappa shape index (κ2) is 7.99. The average Bonchev–Trinajstić information content (AvgIpc) is 3.35. The van der Waals surface area contributed by atoms with Crippen LogP contribution < -0.4 is 0 Å². The zero-order valence-corrected chi connectivity index (χ0v) is 19.2. The molecule has 31 heavy (non-hydrogen) atoms. The minimum Gasteiger partial charge on any atom is -0.207 e. The van der Waals surface area contributed by atoms with Gasteiger partial charge in [-0.1, -0.05) is 12.1 Å². The van der Waals surface area contributed by atoms with Crippen molar-refractivity contribution in [3.63, 3.8) is 0 Å². The number of aryl methyl sites for hydroxylation is 4. The van der Waals surface area contributed by atoms with Gasteiger partial charge in [0.25, 0.3) is 0 Å². The third kappa shape index (κ3) is 3.84. The highest BCUT2D eigenvalue weighted by Gasteiger charge is 2.32. The quantitative estimate of drug-likeness (QED) is 0.703. The van der Waals surface area contributed by atoms with Gasteiger partial charge in [0, 0.05) is 26.2 Å². The third-order valence-corrected chi connectivity index (χ3v) is 10.6. The van der Waals surface area contributed by atoms with Gasteiger partial charge in [-0.05, 0) is 91.5 Å². The molecule has 6 nitrogen and oxygen atoms in total. The Morgan fingerprint density at radius 3 is 1.39 bits per heavy atom. The van der Waals surface area contributed by atoms with Crippen LogP contribution in [0.2, 0.25) is 0 Å². The summed E-state index contributed by atoms with van der Waals surface area (Å²) in [6.45, 7) is 0.998. The van der Waals surface area contributed by atoms with E-state index < -0.39 is 20.0 Å². The van der Waals surface area contributed by atoms with Gasteiger partial charge in [-0.25, -0.2) is 16.8 Å². The standard InChI is InChI=1S/C23H28N2O4S2/c26-30(27,22-10-8-18-4-1-6-20(18)16-22)24-12-3-13-25(15-14-24)31(28,29)23-11-9-19-5-2-7-21(19)17-23/h8-11,16-17H,1-7,12-15H2. The molecule has 0 unspecified atom stereocenters. The molecule has 1 heterocycles. The molecule has 0 N–H and O–H groups in total. The molecule has 0 bridgehead atoms. The summed E-state index contributed by atoms with van der Waals surface area (Å²) in [4.78, 5) is 0.645. The Hall–Kier alpha value is -1.74. The Balaban J connectivity index is 1.35. The summed E-state index contributed by atoms with van der Waals surface area (Å²) in [7, 11) is -7.27. The molecule has 2 aromatic carbocycles. The van der Waals surface area contributed by atoms with Gasteiger partial charge in [-0.15, -0.1) is 0 Å². The molecule has 5 rings (SSSR count). The summed E-state index contributed by atoms with van der Waals surface area (Å²) in [5, 5.41) is 0. The Morgan fingerprint density at radius 1 is 0.516 bits per heavy atom. The molecular weight excluding hydrogens is 432 g/mol. The second-order valence-electron chi connectivity index (χ2n) is 8.73. The van der Waals surface area contributed by atoms with Gasteiger partial charge in [0.15, 0.2) is 0 Å². The van der Waals surface area contributed by atoms with Crippen molar-refractivity contribution in [2.45, 2.75) is 54.7 Å². The molecule has 0 spiro atoms. The van der Waals surface area contributed by atoms with E-state index in [4.69, 9.17) is 0 Å². The Morgan fingerprint density at radius 2 is 0.935 bits per heavy atom. The molecule has 1 saturated heterocycles. The van der Waals surface area contributed by atoms with Crippen molar-refractivity contribution in [2.75, 3.05) is 26.2 Å². The van der Waals surface area contributed by atoms with Crippen LogP contribution >= 0.6 is 0 Å². The highest BCUT2D eigenvalue weighted by molar-refractivity contribution is 7.89. The molecule has 3 aliphatic rings. The lowest BCUT2D eigenvalue weighted by Gasteiger charge is -2.22. The van der Waals surface area contributed by atoms with E-state index in [-0.39, 0.29) is 13.1 Å². The number of nitrogens with zero attached hydrogens (tertiary/aromatic N) is 2. The molecule has 166 valence electrons. The molecule has 1 aliphatic heterocycles. The van der Waals surface area contributed by atoms with E-state index in [1.54, 1.807) is 12.1 Å². The fraction of sp³-hybridized carbons (Fsp3) is 0.478. The molecule has 0 saturated carbocycles. The maximum Gasteiger partial charge on any atom is 0.243 e. The Kier molecular flexibility index (Phi) is 5.45. The first-order chi connectivity index (χ1) is 14.9. The van der Waals surface area contributed by atoms with E-state index in [1.165, 1.54) is 19.7 Å². The van der Waals surface area contributed by atoms with E-state index >= 15 is 0 Å². The van der Waals surface area contributed by atoms with Crippen molar-refractivity contribution in [3.05, 3.63) is 58.7 Å². The normalized spacial score (nSPS) is 20.4. The monoisotopic (exact) mass is 460 g/mol. The average molecular weight is 461 g/mol. The first-order valence-corrected chi connectivity index (χ1v) is 14.0. The van der Waals surface area contributed by atoms with Crippen LogP contribution in [-0.4, -0.2) is 51.6 Å². The van der Waals surface area contributed by atoms with Crippen LogP contribution in [0.5, 0.6) is 0 Å². The Labute approximate surface area is 185 Å². The lowest BCUT2D eigenvalue weighted by Crippen LogP contribution is -2.37. The highest BCUT2D eigenvalue weighted by atomic mass is 32.2. The van der Waals surface area contributed by atoms with Crippen molar-refractivity contribution >= 4 is 20.0 Å². The molecule has 0 atom stereocenters. The fourth-order valence-corrected chi connectivity index (χ4v) is 8.11. The summed E-state index contributed by atoms with van der Waals surface area (Å²) < 4.78 is 55.9. The number of rotatable bonds is 4. The summed E-state index contributed by atoms with van der Waals surface area (Å²) in [6, 6.07) is 10.9. The maximum absolute atomic E-state index is 13.3. The third-order valence-electron chi connectivity index (χ3n) is 6.83. The second-order valence-corrected chi connectivity index (χ2v) is 12.6. The van der Waals surface area contributed by atoms with Crippen molar-refractivity contribution in [1.29, 1.82) is 0 Å². The minimum atomic E-state index is -3.64. The summed E-state index contributed by atoms with van der Waals surface area (Å²) in [5.41, 5.74) is 4.72. The summed E-state index contributed by atoms with van der Waals surface area (Å²) in [6.07, 6.45) is 6.48. The van der Waals surface area contributed by atoms with Gasteiger partial charge in [-0.2, -0.15) is 8.61 Å². The van der Waals surface area contributed by atoms with Crippen molar-refractivity contribution in [1.82, 2.24) is 8.61 Å². The number of sulfonamides is 2. The predicted octanol–water partition coefficient (Wildman–Crippen LogP) is 2.75. The fourth-order valence-electron chi connectivity index (χ4n) is 5.07. The number of fused-ring (bicyclic) bond motifs is 2. The van der Waals surface area contributed by atoms with Gasteiger partial charge >= 0.3 is 0 Å². The first kappa shape index (κ1) is 21.1. The van der Waals surface area contributed by atoms with Crippen molar-refractivity contribution < 1.29 is 16.8 Å². The molecule has 0 aromatic heterocycles. The van der Waals surface area contributed by atoms with Crippen molar-refractivity contribution in [3.8, 4) is 0 Å².